The van der Waals surface area contributed by atoms with Crippen molar-refractivity contribution in [3.8, 4) is 23.1 Å². The van der Waals surface area contributed by atoms with E-state index in [-0.39, 0.29) is 12.0 Å². The molecule has 168 valence electrons. The first-order valence-corrected chi connectivity index (χ1v) is 11.2. The highest BCUT2D eigenvalue weighted by atomic mass is 35.5. The number of nitrogens with zero attached hydrogens (tertiary/aromatic N) is 4. The van der Waals surface area contributed by atoms with Gasteiger partial charge in [-0.2, -0.15) is 0 Å². The molecule has 0 aliphatic carbocycles. The Morgan fingerprint density at radius 2 is 1.97 bits per heavy atom. The van der Waals surface area contributed by atoms with Crippen molar-refractivity contribution in [1.82, 2.24) is 19.9 Å². The van der Waals surface area contributed by atoms with Crippen molar-refractivity contribution in [2.24, 2.45) is 0 Å². The summed E-state index contributed by atoms with van der Waals surface area (Å²) < 4.78 is 0. The number of aliphatic hydroxyl groups is 1. The Morgan fingerprint density at radius 3 is 2.64 bits per heavy atom. The van der Waals surface area contributed by atoms with Crippen LogP contribution >= 0.6 is 11.6 Å². The number of benzene rings is 1. The lowest BCUT2D eigenvalue weighted by atomic mass is 10.0. The quantitative estimate of drug-likeness (QED) is 0.579. The normalized spacial score (nSPS) is 14.0. The van der Waals surface area contributed by atoms with Crippen LogP contribution in [0.5, 0.6) is 0 Å². The number of rotatable bonds is 3. The van der Waals surface area contributed by atoms with Gasteiger partial charge in [-0.3, -0.25) is 4.79 Å². The minimum Gasteiger partial charge on any atom is -0.393 e. The average Bonchev–Trinajstić information content (AvgIpc) is 2.83. The lowest BCUT2D eigenvalue weighted by Gasteiger charge is -2.29. The number of likely N-dealkylation sites (tertiary alicyclic amines) is 1. The summed E-state index contributed by atoms with van der Waals surface area (Å²) in [7, 11) is 0. The number of piperidine rings is 1. The molecule has 1 aromatic carbocycles. The van der Waals surface area contributed by atoms with E-state index in [2.05, 4.69) is 26.8 Å². The highest BCUT2D eigenvalue weighted by molar-refractivity contribution is 6.34. The third kappa shape index (κ3) is 5.14. The van der Waals surface area contributed by atoms with E-state index < -0.39 is 0 Å². The zero-order valence-electron chi connectivity index (χ0n) is 18.3. The van der Waals surface area contributed by atoms with Gasteiger partial charge in [0.2, 0.25) is 0 Å². The average molecular weight is 462 g/mol. The van der Waals surface area contributed by atoms with Gasteiger partial charge in [0, 0.05) is 30.4 Å². The number of aromatic nitrogens is 3. The monoisotopic (exact) mass is 461 g/mol. The molecule has 1 amide bonds. The van der Waals surface area contributed by atoms with Crippen LogP contribution in [0, 0.1) is 11.8 Å². The van der Waals surface area contributed by atoms with Crippen LogP contribution in [0.15, 0.2) is 42.9 Å². The smallest absolute Gasteiger partial charge is 0.255 e. The maximum atomic E-state index is 12.9. The first-order valence-electron chi connectivity index (χ1n) is 10.8. The standard InChI is InChI=1S/C25H24ClN5O2/c1-2-22-20(6-3-16-4-8-23(27)28-14-16)24(30-15-29-22)17-5-7-19(21(26)13-17)25(33)31-11-9-18(32)10-12-31/h4-5,7-8,13-15,18,32H,2,9-12H2,1H3,(H2,27,28). The largest absolute Gasteiger partial charge is 0.393 e. The van der Waals surface area contributed by atoms with E-state index >= 15 is 0 Å². The van der Waals surface area contributed by atoms with Gasteiger partial charge in [0.1, 0.15) is 12.1 Å². The van der Waals surface area contributed by atoms with Crippen LogP contribution in [0.1, 0.15) is 46.9 Å². The molecule has 0 bridgehead atoms. The van der Waals surface area contributed by atoms with Crippen LogP contribution in [-0.4, -0.2) is 50.1 Å². The van der Waals surface area contributed by atoms with Crippen molar-refractivity contribution >= 4 is 23.3 Å². The highest BCUT2D eigenvalue weighted by Crippen LogP contribution is 2.29. The molecule has 0 atom stereocenters. The molecule has 3 aromatic rings. The Labute approximate surface area is 197 Å². The fourth-order valence-corrected chi connectivity index (χ4v) is 3.99. The lowest BCUT2D eigenvalue weighted by molar-refractivity contribution is 0.0546. The maximum Gasteiger partial charge on any atom is 0.255 e. The fourth-order valence-electron chi connectivity index (χ4n) is 3.73. The van der Waals surface area contributed by atoms with Crippen molar-refractivity contribution in [1.29, 1.82) is 0 Å². The Kier molecular flexibility index (Phi) is 6.87. The molecule has 1 aliphatic rings. The van der Waals surface area contributed by atoms with E-state index in [0.717, 1.165) is 16.8 Å². The van der Waals surface area contributed by atoms with Gasteiger partial charge in [0.15, 0.2) is 0 Å². The second-order valence-corrected chi connectivity index (χ2v) is 8.24. The number of aliphatic hydroxyl groups excluding tert-OH is 1. The number of nitrogen functional groups attached to an aromatic ring is 1. The fraction of sp³-hybridized carbons (Fsp3) is 0.280. The van der Waals surface area contributed by atoms with E-state index in [4.69, 9.17) is 17.3 Å². The number of aryl methyl sites for hydroxylation is 1. The van der Waals surface area contributed by atoms with E-state index in [1.165, 1.54) is 6.33 Å². The number of nitrogens with two attached hydrogens (primary N) is 1. The van der Waals surface area contributed by atoms with Crippen molar-refractivity contribution < 1.29 is 9.90 Å². The topological polar surface area (TPSA) is 105 Å². The van der Waals surface area contributed by atoms with Gasteiger partial charge in [-0.15, -0.1) is 0 Å². The molecule has 0 saturated carbocycles. The number of carbonyl (C=O) groups excluding carboxylic acids is 1. The zero-order valence-corrected chi connectivity index (χ0v) is 19.0. The molecule has 0 spiro atoms. The van der Waals surface area contributed by atoms with E-state index in [1.807, 2.05) is 13.0 Å². The molecule has 7 nitrogen and oxygen atoms in total. The summed E-state index contributed by atoms with van der Waals surface area (Å²) >= 11 is 6.54. The molecule has 33 heavy (non-hydrogen) atoms. The van der Waals surface area contributed by atoms with Crippen molar-refractivity contribution in [3.05, 3.63) is 70.3 Å². The number of carbonyl (C=O) groups is 1. The second-order valence-electron chi connectivity index (χ2n) is 7.84. The van der Waals surface area contributed by atoms with Crippen LogP contribution in [0.2, 0.25) is 5.02 Å². The maximum absolute atomic E-state index is 12.9. The van der Waals surface area contributed by atoms with Gasteiger partial charge in [-0.05, 0) is 43.5 Å². The Balaban J connectivity index is 1.67. The summed E-state index contributed by atoms with van der Waals surface area (Å²) in [6.45, 7) is 3.04. The summed E-state index contributed by atoms with van der Waals surface area (Å²) in [5.74, 6) is 6.58. The predicted octanol–water partition coefficient (Wildman–Crippen LogP) is 3.33. The first kappa shape index (κ1) is 22.7. The number of anilines is 1. The summed E-state index contributed by atoms with van der Waals surface area (Å²) in [6, 6.07) is 8.80. The zero-order chi connectivity index (χ0) is 23.4. The minimum atomic E-state index is -0.346. The van der Waals surface area contributed by atoms with Gasteiger partial charge in [-0.25, -0.2) is 15.0 Å². The molecular formula is C25H24ClN5O2. The highest BCUT2D eigenvalue weighted by Gasteiger charge is 2.24. The Morgan fingerprint density at radius 1 is 1.18 bits per heavy atom. The summed E-state index contributed by atoms with van der Waals surface area (Å²) in [4.78, 5) is 27.6. The van der Waals surface area contributed by atoms with Crippen LogP contribution in [0.3, 0.4) is 0 Å². The number of amides is 1. The van der Waals surface area contributed by atoms with Crippen molar-refractivity contribution in [2.75, 3.05) is 18.8 Å². The number of pyridine rings is 1. The third-order valence-electron chi connectivity index (χ3n) is 5.60. The van der Waals surface area contributed by atoms with E-state index in [1.54, 1.807) is 35.4 Å². The van der Waals surface area contributed by atoms with Gasteiger partial charge in [0.25, 0.3) is 5.91 Å². The molecule has 0 unspecified atom stereocenters. The number of hydrogen-bond acceptors (Lipinski definition) is 6. The van der Waals surface area contributed by atoms with Crippen LogP contribution in [0.4, 0.5) is 5.82 Å². The number of hydrogen-bond donors (Lipinski definition) is 2. The minimum absolute atomic E-state index is 0.133. The molecule has 3 heterocycles. The molecule has 1 saturated heterocycles. The SMILES string of the molecule is CCc1ncnc(-c2ccc(C(=O)N3CCC(O)CC3)c(Cl)c2)c1C#Cc1ccc(N)nc1. The molecule has 2 aromatic heterocycles. The first-order chi connectivity index (χ1) is 16.0. The Bertz CT molecular complexity index is 1230. The number of halogens is 1. The van der Waals surface area contributed by atoms with Gasteiger partial charge in [0.05, 0.1) is 33.6 Å². The third-order valence-corrected chi connectivity index (χ3v) is 5.92. The van der Waals surface area contributed by atoms with Crippen LogP contribution in [0.25, 0.3) is 11.3 Å². The molecule has 1 fully saturated rings. The van der Waals surface area contributed by atoms with Gasteiger partial charge in [-0.1, -0.05) is 36.4 Å². The summed E-state index contributed by atoms with van der Waals surface area (Å²) in [5, 5.41) is 10.0. The van der Waals surface area contributed by atoms with Crippen molar-refractivity contribution in [2.45, 2.75) is 32.3 Å². The Hall–Kier alpha value is -3.47. The van der Waals surface area contributed by atoms with Crippen molar-refractivity contribution in [3.63, 3.8) is 0 Å². The predicted molar refractivity (Wildman–Crippen MR) is 128 cm³/mol. The van der Waals surface area contributed by atoms with E-state index in [0.29, 0.717) is 60.0 Å². The summed E-state index contributed by atoms with van der Waals surface area (Å²) in [5.41, 5.74) is 9.74. The molecule has 3 N–H and O–H groups in total. The summed E-state index contributed by atoms with van der Waals surface area (Å²) in [6.07, 6.45) is 4.62. The molecule has 1 aliphatic heterocycles. The van der Waals surface area contributed by atoms with Crippen LogP contribution in [-0.2, 0) is 6.42 Å². The van der Waals surface area contributed by atoms with Crippen LogP contribution < -0.4 is 5.73 Å². The van der Waals surface area contributed by atoms with Gasteiger partial charge >= 0.3 is 0 Å². The second kappa shape index (κ2) is 9.99. The van der Waals surface area contributed by atoms with Gasteiger partial charge < -0.3 is 15.7 Å². The lowest BCUT2D eigenvalue weighted by Crippen LogP contribution is -2.40. The van der Waals surface area contributed by atoms with E-state index in [9.17, 15) is 9.90 Å². The molecule has 0 radical (unpaired) electrons. The molecule has 4 rings (SSSR count). The molecule has 8 heteroatoms. The molecular weight excluding hydrogens is 438 g/mol.